The Balaban J connectivity index is 2.52. The molecule has 0 bridgehead atoms. The molecule has 0 aliphatic heterocycles. The molecule has 4 nitrogen and oxygen atoms in total. The van der Waals surface area contributed by atoms with Crippen LogP contribution in [0.15, 0.2) is 0 Å². The van der Waals surface area contributed by atoms with Gasteiger partial charge in [0.1, 0.15) is 0 Å². The summed E-state index contributed by atoms with van der Waals surface area (Å²) in [5.74, 6) is 0. The second-order valence-corrected chi connectivity index (χ2v) is 3.99. The van der Waals surface area contributed by atoms with Gasteiger partial charge in [-0.05, 0) is 19.8 Å². The van der Waals surface area contributed by atoms with Crippen LogP contribution < -0.4 is 10.5 Å². The van der Waals surface area contributed by atoms with Crippen LogP contribution in [0.5, 0.6) is 6.01 Å². The Morgan fingerprint density at radius 2 is 2.07 bits per heavy atom. The maximum absolute atomic E-state index is 6.09. The van der Waals surface area contributed by atoms with Gasteiger partial charge in [0, 0.05) is 0 Å². The van der Waals surface area contributed by atoms with Crippen LogP contribution in [-0.4, -0.2) is 17.1 Å². The van der Waals surface area contributed by atoms with Crippen molar-refractivity contribution < 1.29 is 4.74 Å². The van der Waals surface area contributed by atoms with E-state index in [1.807, 2.05) is 6.92 Å². The summed E-state index contributed by atoms with van der Waals surface area (Å²) in [5.41, 5.74) is 7.11. The first kappa shape index (κ1) is 9.68. The van der Waals surface area contributed by atoms with Crippen LogP contribution in [0, 0.1) is 6.92 Å². The van der Waals surface area contributed by atoms with Crippen molar-refractivity contribution in [2.24, 2.45) is 5.73 Å². The molecule has 1 fully saturated rings. The highest BCUT2D eigenvalue weighted by Gasteiger charge is 2.44. The van der Waals surface area contributed by atoms with Crippen molar-refractivity contribution in [1.82, 2.24) is 9.97 Å². The van der Waals surface area contributed by atoms with Crippen LogP contribution in [0.1, 0.15) is 24.2 Å². The zero-order valence-electron chi connectivity index (χ0n) is 8.17. The van der Waals surface area contributed by atoms with Crippen LogP contribution in [0.3, 0.4) is 0 Å². The molecule has 1 saturated carbocycles. The topological polar surface area (TPSA) is 61.0 Å². The molecule has 2 N–H and O–H groups in total. The van der Waals surface area contributed by atoms with E-state index in [-0.39, 0.29) is 5.54 Å². The number of aromatic nitrogens is 2. The highest BCUT2D eigenvalue weighted by molar-refractivity contribution is 6.31. The van der Waals surface area contributed by atoms with E-state index >= 15 is 0 Å². The molecular weight excluding hydrogens is 202 g/mol. The van der Waals surface area contributed by atoms with E-state index in [0.717, 1.165) is 12.8 Å². The first-order chi connectivity index (χ1) is 6.57. The number of halogens is 1. The lowest BCUT2D eigenvalue weighted by Crippen LogP contribution is -2.22. The molecule has 1 heterocycles. The van der Waals surface area contributed by atoms with Crippen LogP contribution in [0.25, 0.3) is 0 Å². The second-order valence-electron chi connectivity index (χ2n) is 3.61. The number of nitrogens with two attached hydrogens (primary N) is 1. The molecule has 0 radical (unpaired) electrons. The Kier molecular flexibility index (Phi) is 2.12. The molecular formula is C9H12ClN3O. The minimum absolute atomic E-state index is 0.332. The third-order valence-corrected chi connectivity index (χ3v) is 2.89. The summed E-state index contributed by atoms with van der Waals surface area (Å²) in [6, 6.07) is 0.332. The maximum atomic E-state index is 6.09. The van der Waals surface area contributed by atoms with Gasteiger partial charge in [0.15, 0.2) is 0 Å². The molecule has 0 spiro atoms. The Bertz CT molecular complexity index is 377. The van der Waals surface area contributed by atoms with Gasteiger partial charge in [0.25, 0.3) is 0 Å². The number of rotatable bonds is 2. The van der Waals surface area contributed by atoms with Crippen molar-refractivity contribution in [1.29, 1.82) is 0 Å². The molecule has 1 aliphatic rings. The van der Waals surface area contributed by atoms with Gasteiger partial charge in [0.2, 0.25) is 0 Å². The van der Waals surface area contributed by atoms with E-state index in [1.165, 1.54) is 7.11 Å². The lowest BCUT2D eigenvalue weighted by Gasteiger charge is -2.12. The highest BCUT2D eigenvalue weighted by atomic mass is 35.5. The number of hydrogen-bond donors (Lipinski definition) is 1. The van der Waals surface area contributed by atoms with Crippen molar-refractivity contribution in [2.75, 3.05) is 7.11 Å². The van der Waals surface area contributed by atoms with E-state index < -0.39 is 0 Å². The quantitative estimate of drug-likeness (QED) is 0.807. The van der Waals surface area contributed by atoms with Gasteiger partial charge in [-0.2, -0.15) is 9.97 Å². The average Bonchev–Trinajstić information content (AvgIpc) is 2.89. The number of methoxy groups -OCH3 is 1. The van der Waals surface area contributed by atoms with Crippen LogP contribution >= 0.6 is 11.6 Å². The predicted octanol–water partition coefficient (Wildman–Crippen LogP) is 1.39. The molecule has 1 aromatic rings. The van der Waals surface area contributed by atoms with E-state index in [9.17, 15) is 0 Å². The number of aryl methyl sites for hydroxylation is 1. The summed E-state index contributed by atoms with van der Waals surface area (Å²) in [6.07, 6.45) is 1.85. The molecule has 0 atom stereocenters. The summed E-state index contributed by atoms with van der Waals surface area (Å²) in [5, 5.41) is 0.561. The monoisotopic (exact) mass is 213 g/mol. The number of ether oxygens (including phenoxy) is 1. The normalized spacial score (nSPS) is 18.0. The van der Waals surface area contributed by atoms with Crippen LogP contribution in [0.2, 0.25) is 5.02 Å². The van der Waals surface area contributed by atoms with Crippen molar-refractivity contribution in [3.63, 3.8) is 0 Å². The third-order valence-electron chi connectivity index (χ3n) is 2.44. The van der Waals surface area contributed by atoms with Gasteiger partial charge in [-0.3, -0.25) is 0 Å². The Labute approximate surface area is 87.4 Å². The minimum atomic E-state index is -0.349. The largest absolute Gasteiger partial charge is 0.467 e. The molecule has 5 heteroatoms. The van der Waals surface area contributed by atoms with E-state index in [1.54, 1.807) is 0 Å². The molecule has 1 aliphatic carbocycles. The van der Waals surface area contributed by atoms with Gasteiger partial charge in [-0.25, -0.2) is 0 Å². The first-order valence-electron chi connectivity index (χ1n) is 4.44. The molecule has 0 aromatic carbocycles. The standard InChI is InChI=1S/C9H12ClN3O/c1-5-6(10)7(9(11)3-4-9)13-8(12-5)14-2/h3-4,11H2,1-2H3. The van der Waals surface area contributed by atoms with Gasteiger partial charge in [-0.1, -0.05) is 11.6 Å². The second kappa shape index (κ2) is 3.07. The molecule has 0 amide bonds. The van der Waals surface area contributed by atoms with Gasteiger partial charge < -0.3 is 10.5 Å². The lowest BCUT2D eigenvalue weighted by molar-refractivity contribution is 0.375. The molecule has 0 unspecified atom stereocenters. The molecule has 1 aromatic heterocycles. The summed E-state index contributed by atoms with van der Waals surface area (Å²) in [4.78, 5) is 8.27. The molecule has 76 valence electrons. The van der Waals surface area contributed by atoms with E-state index in [2.05, 4.69) is 9.97 Å². The fraction of sp³-hybridized carbons (Fsp3) is 0.556. The van der Waals surface area contributed by atoms with Crippen molar-refractivity contribution in [3.8, 4) is 6.01 Å². The van der Waals surface area contributed by atoms with E-state index in [0.29, 0.717) is 22.4 Å². The fourth-order valence-electron chi connectivity index (χ4n) is 1.33. The zero-order chi connectivity index (χ0) is 10.3. The maximum Gasteiger partial charge on any atom is 0.316 e. The Morgan fingerprint density at radius 1 is 1.43 bits per heavy atom. The summed E-state index contributed by atoms with van der Waals surface area (Å²) >= 11 is 6.09. The van der Waals surface area contributed by atoms with Gasteiger partial charge in [-0.15, -0.1) is 0 Å². The SMILES string of the molecule is COc1nc(C)c(Cl)c(C2(N)CC2)n1. The van der Waals surface area contributed by atoms with Crippen molar-refractivity contribution in [2.45, 2.75) is 25.3 Å². The number of hydrogen-bond acceptors (Lipinski definition) is 4. The van der Waals surface area contributed by atoms with E-state index in [4.69, 9.17) is 22.1 Å². The van der Waals surface area contributed by atoms with Crippen molar-refractivity contribution in [3.05, 3.63) is 16.4 Å². The fourth-order valence-corrected chi connectivity index (χ4v) is 1.60. The molecule has 0 saturated heterocycles. The summed E-state index contributed by atoms with van der Waals surface area (Å²) < 4.78 is 4.98. The summed E-state index contributed by atoms with van der Waals surface area (Å²) in [6.45, 7) is 1.82. The molecule has 2 rings (SSSR count). The highest BCUT2D eigenvalue weighted by Crippen LogP contribution is 2.45. The Hall–Kier alpha value is -0.870. The van der Waals surface area contributed by atoms with Crippen LogP contribution in [0.4, 0.5) is 0 Å². The van der Waals surface area contributed by atoms with Gasteiger partial charge in [0.05, 0.1) is 29.1 Å². The minimum Gasteiger partial charge on any atom is -0.467 e. The Morgan fingerprint density at radius 3 is 2.57 bits per heavy atom. The smallest absolute Gasteiger partial charge is 0.316 e. The predicted molar refractivity (Wildman–Crippen MR) is 53.4 cm³/mol. The lowest BCUT2D eigenvalue weighted by atomic mass is 10.1. The zero-order valence-corrected chi connectivity index (χ0v) is 8.93. The van der Waals surface area contributed by atoms with Gasteiger partial charge >= 0.3 is 6.01 Å². The average molecular weight is 214 g/mol. The third kappa shape index (κ3) is 1.44. The first-order valence-corrected chi connectivity index (χ1v) is 4.82. The molecule has 14 heavy (non-hydrogen) atoms. The van der Waals surface area contributed by atoms with Crippen LogP contribution in [-0.2, 0) is 5.54 Å². The summed E-state index contributed by atoms with van der Waals surface area (Å²) in [7, 11) is 1.53. The number of nitrogens with zero attached hydrogens (tertiary/aromatic N) is 2. The van der Waals surface area contributed by atoms with Crippen molar-refractivity contribution >= 4 is 11.6 Å².